The van der Waals surface area contributed by atoms with Crippen molar-refractivity contribution in [3.05, 3.63) is 47.8 Å². The molecule has 20 heavy (non-hydrogen) atoms. The van der Waals surface area contributed by atoms with Crippen molar-refractivity contribution < 1.29 is 26.3 Å². The minimum absolute atomic E-state index is 0.0732. The maximum atomic E-state index is 12.5. The fourth-order valence-corrected chi connectivity index (χ4v) is 1.46. The van der Waals surface area contributed by atoms with E-state index in [9.17, 15) is 26.3 Å². The molecule has 0 aliphatic carbocycles. The number of benzene rings is 1. The Morgan fingerprint density at radius 2 is 1.35 bits per heavy atom. The Hall–Kier alpha value is -2.12. The summed E-state index contributed by atoms with van der Waals surface area (Å²) in [6.45, 7) is 0. The maximum absolute atomic E-state index is 12.5. The van der Waals surface area contributed by atoms with Crippen LogP contribution < -0.4 is 0 Å². The molecule has 8 heteroatoms. The summed E-state index contributed by atoms with van der Waals surface area (Å²) < 4.78 is 74.5. The smallest absolute Gasteiger partial charge is 0.237 e. The summed E-state index contributed by atoms with van der Waals surface area (Å²) in [5.41, 5.74) is -1.97. The predicted octanol–water partition coefficient (Wildman–Crippen LogP) is 4.18. The first-order chi connectivity index (χ1) is 9.18. The fourth-order valence-electron chi connectivity index (χ4n) is 1.46. The van der Waals surface area contributed by atoms with Gasteiger partial charge in [-0.25, -0.2) is 9.97 Å². The van der Waals surface area contributed by atoms with E-state index < -0.39 is 23.6 Å². The summed E-state index contributed by atoms with van der Waals surface area (Å²) in [5.74, 6) is -0.284. The number of halogens is 6. The van der Waals surface area contributed by atoms with Crippen molar-refractivity contribution in [1.29, 1.82) is 0 Å². The fraction of sp³-hybridized carbons (Fsp3) is 0.167. The molecule has 0 saturated heterocycles. The molecule has 2 rings (SSSR count). The van der Waals surface area contributed by atoms with E-state index in [-0.39, 0.29) is 11.4 Å². The third kappa shape index (κ3) is 3.06. The van der Waals surface area contributed by atoms with Crippen LogP contribution in [0.2, 0.25) is 0 Å². The van der Waals surface area contributed by atoms with Gasteiger partial charge in [0.15, 0.2) is 5.82 Å². The molecular formula is C12H6F6N2. The Morgan fingerprint density at radius 1 is 0.750 bits per heavy atom. The number of hydrogen-bond acceptors (Lipinski definition) is 2. The van der Waals surface area contributed by atoms with Gasteiger partial charge in [-0.2, -0.15) is 26.3 Å². The van der Waals surface area contributed by atoms with Gasteiger partial charge in [-0.05, 0) is 18.2 Å². The molecule has 0 aliphatic rings. The summed E-state index contributed by atoms with van der Waals surface area (Å²) >= 11 is 0. The van der Waals surface area contributed by atoms with Crippen LogP contribution in [0.4, 0.5) is 26.3 Å². The van der Waals surface area contributed by atoms with Crippen molar-refractivity contribution in [3.8, 4) is 11.4 Å². The molecule has 0 atom stereocenters. The molecule has 2 nitrogen and oxygen atoms in total. The van der Waals surface area contributed by atoms with E-state index in [4.69, 9.17) is 0 Å². The van der Waals surface area contributed by atoms with Crippen molar-refractivity contribution >= 4 is 0 Å². The van der Waals surface area contributed by atoms with Gasteiger partial charge in [-0.1, -0.05) is 12.1 Å². The van der Waals surface area contributed by atoms with Crippen LogP contribution in [0.15, 0.2) is 36.5 Å². The number of hydrogen-bond donors (Lipinski definition) is 0. The molecule has 0 saturated carbocycles. The predicted molar refractivity (Wildman–Crippen MR) is 57.5 cm³/mol. The van der Waals surface area contributed by atoms with Crippen LogP contribution in [0, 0.1) is 0 Å². The lowest BCUT2D eigenvalue weighted by Crippen LogP contribution is -2.09. The van der Waals surface area contributed by atoms with E-state index in [2.05, 4.69) is 9.97 Å². The monoisotopic (exact) mass is 292 g/mol. The zero-order chi connectivity index (χ0) is 15.0. The Labute approximate surface area is 109 Å². The molecule has 2 aromatic rings. The number of aromatic nitrogens is 2. The number of rotatable bonds is 1. The second-order valence-electron chi connectivity index (χ2n) is 3.84. The first-order valence-electron chi connectivity index (χ1n) is 5.26. The van der Waals surface area contributed by atoms with Crippen molar-refractivity contribution in [1.82, 2.24) is 9.97 Å². The van der Waals surface area contributed by atoms with Gasteiger partial charge >= 0.3 is 12.4 Å². The molecule has 0 radical (unpaired) electrons. The molecule has 0 spiro atoms. The second kappa shape index (κ2) is 4.77. The van der Waals surface area contributed by atoms with Crippen molar-refractivity contribution in [2.75, 3.05) is 0 Å². The first-order valence-corrected chi connectivity index (χ1v) is 5.26. The highest BCUT2D eigenvalue weighted by molar-refractivity contribution is 5.55. The topological polar surface area (TPSA) is 25.8 Å². The van der Waals surface area contributed by atoms with Crippen LogP contribution in [-0.4, -0.2) is 9.97 Å². The molecule has 106 valence electrons. The number of alkyl halides is 6. The van der Waals surface area contributed by atoms with Gasteiger partial charge in [0.2, 0.25) is 0 Å². The zero-order valence-corrected chi connectivity index (χ0v) is 9.63. The van der Waals surface area contributed by atoms with Gasteiger partial charge < -0.3 is 0 Å². The van der Waals surface area contributed by atoms with Crippen molar-refractivity contribution in [3.63, 3.8) is 0 Å². The lowest BCUT2D eigenvalue weighted by atomic mass is 10.1. The minimum atomic E-state index is -4.64. The molecule has 1 heterocycles. The first kappa shape index (κ1) is 14.3. The molecule has 0 fully saturated rings. The van der Waals surface area contributed by atoms with E-state index in [1.807, 2.05) is 0 Å². The standard InChI is InChI=1S/C12H6F6N2/c13-11(14,15)8-3-1-7(2-4-8)10-19-6-5-9(20-10)12(16,17)18/h1-6H. The quantitative estimate of drug-likeness (QED) is 0.737. The molecule has 1 aromatic carbocycles. The van der Waals surface area contributed by atoms with Crippen LogP contribution in [0.25, 0.3) is 11.4 Å². The van der Waals surface area contributed by atoms with Crippen LogP contribution in [0.3, 0.4) is 0 Å². The highest BCUT2D eigenvalue weighted by Gasteiger charge is 2.33. The Morgan fingerprint density at radius 3 is 1.85 bits per heavy atom. The maximum Gasteiger partial charge on any atom is 0.433 e. The Bertz CT molecular complexity index is 601. The summed E-state index contributed by atoms with van der Waals surface area (Å²) in [5, 5.41) is 0. The summed E-state index contributed by atoms with van der Waals surface area (Å²) in [6.07, 6.45) is -8.24. The third-order valence-corrected chi connectivity index (χ3v) is 2.42. The molecule has 0 aliphatic heterocycles. The van der Waals surface area contributed by atoms with E-state index >= 15 is 0 Å². The molecule has 1 aromatic heterocycles. The van der Waals surface area contributed by atoms with Crippen LogP contribution in [-0.2, 0) is 12.4 Å². The molecule has 0 N–H and O–H groups in total. The highest BCUT2D eigenvalue weighted by Crippen LogP contribution is 2.31. The SMILES string of the molecule is FC(F)(F)c1ccc(-c2nccc(C(F)(F)F)n2)cc1. The second-order valence-corrected chi connectivity index (χ2v) is 3.84. The summed E-state index contributed by atoms with van der Waals surface area (Å²) in [7, 11) is 0. The van der Waals surface area contributed by atoms with Crippen molar-refractivity contribution in [2.45, 2.75) is 12.4 Å². The summed E-state index contributed by atoms with van der Waals surface area (Å²) in [4.78, 5) is 6.91. The highest BCUT2D eigenvalue weighted by atomic mass is 19.4. The molecule has 0 amide bonds. The van der Waals surface area contributed by atoms with Crippen LogP contribution in [0.5, 0.6) is 0 Å². The summed E-state index contributed by atoms with van der Waals surface area (Å²) in [6, 6.07) is 4.27. The number of nitrogens with zero attached hydrogens (tertiary/aromatic N) is 2. The van der Waals surface area contributed by atoms with Gasteiger partial charge in [0.25, 0.3) is 0 Å². The average molecular weight is 292 g/mol. The van der Waals surface area contributed by atoms with Gasteiger partial charge in [-0.15, -0.1) is 0 Å². The van der Waals surface area contributed by atoms with E-state index in [1.165, 1.54) is 0 Å². The van der Waals surface area contributed by atoms with Gasteiger partial charge in [-0.3, -0.25) is 0 Å². The van der Waals surface area contributed by atoms with E-state index in [0.717, 1.165) is 30.5 Å². The van der Waals surface area contributed by atoms with Crippen LogP contribution in [0.1, 0.15) is 11.3 Å². The normalized spacial score (nSPS) is 12.5. The third-order valence-electron chi connectivity index (χ3n) is 2.42. The molecule has 0 bridgehead atoms. The van der Waals surface area contributed by atoms with Gasteiger partial charge in [0.1, 0.15) is 5.69 Å². The zero-order valence-electron chi connectivity index (χ0n) is 9.63. The van der Waals surface area contributed by atoms with E-state index in [1.54, 1.807) is 0 Å². The van der Waals surface area contributed by atoms with Gasteiger partial charge in [0.05, 0.1) is 5.56 Å². The lowest BCUT2D eigenvalue weighted by Gasteiger charge is -2.09. The van der Waals surface area contributed by atoms with Gasteiger partial charge in [0, 0.05) is 11.8 Å². The average Bonchev–Trinajstić information content (AvgIpc) is 2.37. The van der Waals surface area contributed by atoms with Crippen molar-refractivity contribution in [2.24, 2.45) is 0 Å². The van der Waals surface area contributed by atoms with Crippen LogP contribution >= 0.6 is 0 Å². The Kier molecular flexibility index (Phi) is 3.41. The molecule has 0 unspecified atom stereocenters. The minimum Gasteiger partial charge on any atom is -0.237 e. The lowest BCUT2D eigenvalue weighted by molar-refractivity contribution is -0.141. The van der Waals surface area contributed by atoms with E-state index in [0.29, 0.717) is 6.07 Å². The largest absolute Gasteiger partial charge is 0.433 e. The Balaban J connectivity index is 2.38. The molecular weight excluding hydrogens is 286 g/mol.